The molecule has 1 saturated heterocycles. The van der Waals surface area contributed by atoms with Crippen molar-refractivity contribution in [2.24, 2.45) is 5.41 Å². The molecule has 1 heterocycles. The van der Waals surface area contributed by atoms with Gasteiger partial charge in [-0.25, -0.2) is 0 Å². The molecule has 1 aliphatic heterocycles. The quantitative estimate of drug-likeness (QED) is 0.801. The number of rotatable bonds is 3. The predicted octanol–water partition coefficient (Wildman–Crippen LogP) is 0.796. The summed E-state index contributed by atoms with van der Waals surface area (Å²) < 4.78 is 0. The predicted molar refractivity (Wildman–Crippen MR) is 77.9 cm³/mol. The number of likely N-dealkylation sites (tertiary alicyclic amines) is 1. The fourth-order valence-corrected chi connectivity index (χ4v) is 2.65. The number of nitrogens with one attached hydrogen (secondary N) is 1. The molecule has 1 atom stereocenters. The zero-order valence-corrected chi connectivity index (χ0v) is 12.0. The molecular formula is C15H21N3O2. The van der Waals surface area contributed by atoms with E-state index in [1.54, 1.807) is 18.0 Å². The molecule has 1 aliphatic rings. The van der Waals surface area contributed by atoms with Gasteiger partial charge in [0.15, 0.2) is 0 Å². The summed E-state index contributed by atoms with van der Waals surface area (Å²) in [5.41, 5.74) is 6.80. The first-order valence-corrected chi connectivity index (χ1v) is 6.79. The molecule has 108 valence electrons. The molecule has 0 aliphatic carbocycles. The van der Waals surface area contributed by atoms with E-state index in [0.29, 0.717) is 31.6 Å². The Morgan fingerprint density at radius 1 is 1.45 bits per heavy atom. The minimum Gasteiger partial charge on any atom is -0.399 e. The topological polar surface area (TPSA) is 75.4 Å². The van der Waals surface area contributed by atoms with E-state index in [4.69, 9.17) is 5.73 Å². The highest BCUT2D eigenvalue weighted by molar-refractivity contribution is 5.85. The van der Waals surface area contributed by atoms with E-state index < -0.39 is 5.41 Å². The normalized spacial score (nSPS) is 21.8. The largest absolute Gasteiger partial charge is 0.399 e. The minimum atomic E-state index is -0.472. The van der Waals surface area contributed by atoms with Crippen LogP contribution in [0.25, 0.3) is 0 Å². The van der Waals surface area contributed by atoms with Crippen molar-refractivity contribution in [1.82, 2.24) is 10.2 Å². The van der Waals surface area contributed by atoms with Gasteiger partial charge in [-0.15, -0.1) is 0 Å². The van der Waals surface area contributed by atoms with Gasteiger partial charge in [-0.3, -0.25) is 9.59 Å². The summed E-state index contributed by atoms with van der Waals surface area (Å²) in [6.45, 7) is 3.01. The molecule has 20 heavy (non-hydrogen) atoms. The molecular weight excluding hydrogens is 254 g/mol. The van der Waals surface area contributed by atoms with Gasteiger partial charge in [0.25, 0.3) is 0 Å². The molecule has 0 saturated carbocycles. The molecule has 1 fully saturated rings. The van der Waals surface area contributed by atoms with Crippen LogP contribution in [-0.2, 0) is 16.0 Å². The number of nitrogen functional groups attached to an aromatic ring is 1. The first kappa shape index (κ1) is 14.4. The van der Waals surface area contributed by atoms with Gasteiger partial charge < -0.3 is 16.0 Å². The Bertz CT molecular complexity index is 530. The molecule has 2 rings (SSSR count). The molecule has 0 spiro atoms. The molecule has 2 amide bonds. The van der Waals surface area contributed by atoms with Gasteiger partial charge in [0.1, 0.15) is 0 Å². The van der Waals surface area contributed by atoms with Crippen molar-refractivity contribution in [3.05, 3.63) is 29.8 Å². The maximum absolute atomic E-state index is 12.3. The fraction of sp³-hybridized carbons (Fsp3) is 0.467. The van der Waals surface area contributed by atoms with E-state index in [1.165, 1.54) is 0 Å². The minimum absolute atomic E-state index is 0.00300. The summed E-state index contributed by atoms with van der Waals surface area (Å²) in [5.74, 6) is 0.0417. The smallest absolute Gasteiger partial charge is 0.227 e. The van der Waals surface area contributed by atoms with Crippen LogP contribution in [0.15, 0.2) is 24.3 Å². The highest BCUT2D eigenvalue weighted by Gasteiger charge is 2.41. The number of carbonyl (C=O) groups excluding carboxylic acids is 2. The van der Waals surface area contributed by atoms with Crippen LogP contribution in [0.2, 0.25) is 0 Å². The molecule has 0 bridgehead atoms. The zero-order valence-electron chi connectivity index (χ0n) is 12.0. The Labute approximate surface area is 119 Å². The van der Waals surface area contributed by atoms with Gasteiger partial charge >= 0.3 is 0 Å². The van der Waals surface area contributed by atoms with Gasteiger partial charge in [-0.05, 0) is 31.0 Å². The van der Waals surface area contributed by atoms with E-state index in [9.17, 15) is 9.59 Å². The van der Waals surface area contributed by atoms with Gasteiger partial charge in [-0.2, -0.15) is 0 Å². The number of carbonyl (C=O) groups is 2. The van der Waals surface area contributed by atoms with Crippen LogP contribution in [0.1, 0.15) is 18.9 Å². The average molecular weight is 275 g/mol. The summed E-state index contributed by atoms with van der Waals surface area (Å²) >= 11 is 0. The Morgan fingerprint density at radius 3 is 2.85 bits per heavy atom. The number of amides is 2. The van der Waals surface area contributed by atoms with Crippen LogP contribution in [0.5, 0.6) is 0 Å². The summed E-state index contributed by atoms with van der Waals surface area (Å²) in [5, 5.41) is 2.67. The second-order valence-electron chi connectivity index (χ2n) is 5.63. The first-order valence-electron chi connectivity index (χ1n) is 6.79. The SMILES string of the molecule is CNC(=O)C1(C)CCN(C(=O)Cc2cccc(N)c2)C1. The zero-order chi connectivity index (χ0) is 14.8. The summed E-state index contributed by atoms with van der Waals surface area (Å²) in [6, 6.07) is 7.34. The summed E-state index contributed by atoms with van der Waals surface area (Å²) in [4.78, 5) is 25.9. The lowest BCUT2D eigenvalue weighted by molar-refractivity contribution is -0.132. The lowest BCUT2D eigenvalue weighted by Crippen LogP contribution is -2.40. The van der Waals surface area contributed by atoms with Gasteiger partial charge in [0.05, 0.1) is 11.8 Å². The van der Waals surface area contributed by atoms with E-state index in [0.717, 1.165) is 5.56 Å². The standard InChI is InChI=1S/C15H21N3O2/c1-15(14(20)17-2)6-7-18(10-15)13(19)9-11-4-3-5-12(16)8-11/h3-5,8H,6-7,9-10,16H2,1-2H3,(H,17,20). The third-order valence-electron chi connectivity index (χ3n) is 3.91. The molecule has 0 aromatic heterocycles. The molecule has 1 aromatic carbocycles. The second kappa shape index (κ2) is 5.53. The number of nitrogens with zero attached hydrogens (tertiary/aromatic N) is 1. The molecule has 0 radical (unpaired) electrons. The Balaban J connectivity index is 2.00. The summed E-state index contributed by atoms with van der Waals surface area (Å²) in [6.07, 6.45) is 1.03. The number of anilines is 1. The van der Waals surface area contributed by atoms with Crippen molar-refractivity contribution in [3.63, 3.8) is 0 Å². The third kappa shape index (κ3) is 2.92. The lowest BCUT2D eigenvalue weighted by atomic mass is 9.89. The summed E-state index contributed by atoms with van der Waals surface area (Å²) in [7, 11) is 1.63. The monoisotopic (exact) mass is 275 g/mol. The molecule has 3 N–H and O–H groups in total. The van der Waals surface area contributed by atoms with Crippen LogP contribution >= 0.6 is 0 Å². The molecule has 5 heteroatoms. The van der Waals surface area contributed by atoms with Gasteiger partial charge in [0.2, 0.25) is 11.8 Å². The Morgan fingerprint density at radius 2 is 2.20 bits per heavy atom. The first-order chi connectivity index (χ1) is 9.44. The van der Waals surface area contributed by atoms with Crippen molar-refractivity contribution >= 4 is 17.5 Å². The fourth-order valence-electron chi connectivity index (χ4n) is 2.65. The second-order valence-corrected chi connectivity index (χ2v) is 5.63. The maximum atomic E-state index is 12.3. The van der Waals surface area contributed by atoms with E-state index in [1.807, 2.05) is 25.1 Å². The van der Waals surface area contributed by atoms with E-state index in [-0.39, 0.29) is 11.8 Å². The number of hydrogen-bond acceptors (Lipinski definition) is 3. The van der Waals surface area contributed by atoms with Crippen molar-refractivity contribution < 1.29 is 9.59 Å². The van der Waals surface area contributed by atoms with Crippen LogP contribution in [0.3, 0.4) is 0 Å². The highest BCUT2D eigenvalue weighted by atomic mass is 16.2. The molecule has 1 unspecified atom stereocenters. The number of benzene rings is 1. The van der Waals surface area contributed by atoms with Gasteiger partial charge in [0, 0.05) is 25.8 Å². The molecule has 5 nitrogen and oxygen atoms in total. The van der Waals surface area contributed by atoms with E-state index >= 15 is 0 Å². The van der Waals surface area contributed by atoms with Crippen LogP contribution in [0.4, 0.5) is 5.69 Å². The van der Waals surface area contributed by atoms with Crippen LogP contribution in [-0.4, -0.2) is 36.9 Å². The third-order valence-corrected chi connectivity index (χ3v) is 3.91. The molecule has 1 aromatic rings. The number of hydrogen-bond donors (Lipinski definition) is 2. The van der Waals surface area contributed by atoms with Gasteiger partial charge in [-0.1, -0.05) is 12.1 Å². The average Bonchev–Trinajstić information content (AvgIpc) is 2.82. The van der Waals surface area contributed by atoms with E-state index in [2.05, 4.69) is 5.32 Å². The lowest BCUT2D eigenvalue weighted by Gasteiger charge is -2.22. The Hall–Kier alpha value is -2.04. The Kier molecular flexibility index (Phi) is 3.97. The van der Waals surface area contributed by atoms with Crippen LogP contribution < -0.4 is 11.1 Å². The van der Waals surface area contributed by atoms with Crippen molar-refractivity contribution in [2.75, 3.05) is 25.9 Å². The van der Waals surface area contributed by atoms with Crippen molar-refractivity contribution in [1.29, 1.82) is 0 Å². The highest BCUT2D eigenvalue weighted by Crippen LogP contribution is 2.30. The van der Waals surface area contributed by atoms with Crippen molar-refractivity contribution in [3.8, 4) is 0 Å². The van der Waals surface area contributed by atoms with Crippen LogP contribution in [0, 0.1) is 5.41 Å². The maximum Gasteiger partial charge on any atom is 0.227 e. The number of nitrogens with two attached hydrogens (primary N) is 1. The van der Waals surface area contributed by atoms with Crippen molar-refractivity contribution in [2.45, 2.75) is 19.8 Å².